The Morgan fingerprint density at radius 3 is 2.83 bits per heavy atom. The van der Waals surface area contributed by atoms with Gasteiger partial charge < -0.3 is 9.64 Å². The number of aromatic nitrogens is 4. The fourth-order valence-electron chi connectivity index (χ4n) is 3.40. The smallest absolute Gasteiger partial charge is 0.364 e. The lowest BCUT2D eigenvalue weighted by molar-refractivity contribution is -0.215. The third-order valence-corrected chi connectivity index (χ3v) is 4.57. The van der Waals surface area contributed by atoms with Gasteiger partial charge in [-0.15, -0.1) is 12.3 Å². The topological polar surface area (TPSA) is 56.1 Å². The highest BCUT2D eigenvalue weighted by atomic mass is 19.4. The first kappa shape index (κ1) is 17.0. The number of tetrazole rings is 1. The molecule has 0 aromatic carbocycles. The molecular weight excluding hydrogens is 323 g/mol. The molecule has 0 aliphatic carbocycles. The summed E-state index contributed by atoms with van der Waals surface area (Å²) in [6, 6.07) is 0. The summed E-state index contributed by atoms with van der Waals surface area (Å²) in [4.78, 5) is 2.06. The molecule has 24 heavy (non-hydrogen) atoms. The summed E-state index contributed by atoms with van der Waals surface area (Å²) in [5.41, 5.74) is 0. The number of hydrogen-bond donors (Lipinski definition) is 0. The van der Waals surface area contributed by atoms with Gasteiger partial charge >= 0.3 is 6.18 Å². The summed E-state index contributed by atoms with van der Waals surface area (Å²) >= 11 is 0. The van der Waals surface area contributed by atoms with Crippen molar-refractivity contribution in [2.75, 3.05) is 18.0 Å². The van der Waals surface area contributed by atoms with Crippen LogP contribution < -0.4 is 4.90 Å². The molecule has 2 aliphatic rings. The lowest BCUT2D eigenvalue weighted by atomic mass is 9.95. The van der Waals surface area contributed by atoms with Crippen LogP contribution in [0.15, 0.2) is 0 Å². The molecular formula is C15H20F3N5O. The Kier molecular flexibility index (Phi) is 4.94. The van der Waals surface area contributed by atoms with Gasteiger partial charge in [0.15, 0.2) is 6.10 Å². The summed E-state index contributed by atoms with van der Waals surface area (Å²) in [6.45, 7) is 1.81. The van der Waals surface area contributed by atoms with E-state index in [-0.39, 0.29) is 13.0 Å². The number of piperidine rings is 1. The van der Waals surface area contributed by atoms with Gasteiger partial charge in [-0.1, -0.05) is 5.10 Å². The average molecular weight is 343 g/mol. The second-order valence-corrected chi connectivity index (χ2v) is 6.39. The zero-order valence-corrected chi connectivity index (χ0v) is 13.2. The standard InChI is InChI=1S/C15H20F3N5O/c1-2-4-11-5-3-8-22(9-11)14-19-20-21-23(14)10-12-6-7-13(24-12)15(16,17)18/h1,11-13H,3-10H2. The molecule has 1 aromatic rings. The summed E-state index contributed by atoms with van der Waals surface area (Å²) in [6.07, 6.45) is 1.98. The van der Waals surface area contributed by atoms with Crippen LogP contribution in [0.2, 0.25) is 0 Å². The first-order valence-corrected chi connectivity index (χ1v) is 8.14. The first-order chi connectivity index (χ1) is 11.5. The fourth-order valence-corrected chi connectivity index (χ4v) is 3.40. The molecule has 3 rings (SSSR count). The lowest BCUT2D eigenvalue weighted by Crippen LogP contribution is -2.38. The van der Waals surface area contributed by atoms with Crippen molar-refractivity contribution in [3.8, 4) is 12.3 Å². The number of rotatable bonds is 4. The molecule has 3 atom stereocenters. The van der Waals surface area contributed by atoms with Crippen molar-refractivity contribution in [2.24, 2.45) is 5.92 Å². The van der Waals surface area contributed by atoms with Crippen molar-refractivity contribution in [1.29, 1.82) is 0 Å². The van der Waals surface area contributed by atoms with Crippen LogP contribution in [0.3, 0.4) is 0 Å². The van der Waals surface area contributed by atoms with Crippen LogP contribution in [0.1, 0.15) is 32.1 Å². The van der Waals surface area contributed by atoms with Gasteiger partial charge in [-0.3, -0.25) is 0 Å². The van der Waals surface area contributed by atoms with Crippen LogP contribution in [0.25, 0.3) is 0 Å². The van der Waals surface area contributed by atoms with E-state index in [1.807, 2.05) is 0 Å². The van der Waals surface area contributed by atoms with E-state index in [1.165, 1.54) is 0 Å². The Balaban J connectivity index is 1.63. The maximum absolute atomic E-state index is 12.7. The van der Waals surface area contributed by atoms with E-state index < -0.39 is 18.4 Å². The number of hydrogen-bond acceptors (Lipinski definition) is 5. The highest BCUT2D eigenvalue weighted by molar-refractivity contribution is 5.29. The Morgan fingerprint density at radius 2 is 2.12 bits per heavy atom. The van der Waals surface area contributed by atoms with Gasteiger partial charge in [0.2, 0.25) is 5.95 Å². The Labute approximate surface area is 138 Å². The number of nitrogens with zero attached hydrogens (tertiary/aromatic N) is 5. The van der Waals surface area contributed by atoms with Crippen LogP contribution in [0.5, 0.6) is 0 Å². The van der Waals surface area contributed by atoms with Crippen molar-refractivity contribution in [3.05, 3.63) is 0 Å². The Morgan fingerprint density at radius 1 is 1.29 bits per heavy atom. The molecule has 2 saturated heterocycles. The molecule has 0 spiro atoms. The van der Waals surface area contributed by atoms with Crippen LogP contribution in [0.4, 0.5) is 19.1 Å². The van der Waals surface area contributed by atoms with Gasteiger partial charge in [0.1, 0.15) is 0 Å². The summed E-state index contributed by atoms with van der Waals surface area (Å²) in [7, 11) is 0. The number of ether oxygens (including phenoxy) is 1. The van der Waals surface area contributed by atoms with Gasteiger partial charge in [-0.2, -0.15) is 13.2 Å². The third-order valence-electron chi connectivity index (χ3n) is 4.57. The van der Waals surface area contributed by atoms with E-state index in [4.69, 9.17) is 11.2 Å². The SMILES string of the molecule is C#CCC1CCCN(c2nnnn2CC2CCC(C(F)(F)F)O2)C1. The number of alkyl halides is 3. The zero-order valence-electron chi connectivity index (χ0n) is 13.2. The van der Waals surface area contributed by atoms with E-state index in [0.717, 1.165) is 25.9 Å². The van der Waals surface area contributed by atoms with Crippen LogP contribution in [-0.2, 0) is 11.3 Å². The van der Waals surface area contributed by atoms with Crippen molar-refractivity contribution in [3.63, 3.8) is 0 Å². The Hall–Kier alpha value is -1.82. The van der Waals surface area contributed by atoms with E-state index >= 15 is 0 Å². The molecule has 3 heterocycles. The third kappa shape index (κ3) is 3.80. The predicted molar refractivity (Wildman–Crippen MR) is 80.2 cm³/mol. The number of anilines is 1. The minimum Gasteiger partial charge on any atom is -0.364 e. The molecule has 1 aromatic heterocycles. The summed E-state index contributed by atoms with van der Waals surface area (Å²) < 4.78 is 44.8. The first-order valence-electron chi connectivity index (χ1n) is 8.14. The van der Waals surface area contributed by atoms with E-state index in [1.54, 1.807) is 4.68 Å². The molecule has 0 radical (unpaired) electrons. The van der Waals surface area contributed by atoms with Crippen molar-refractivity contribution >= 4 is 5.95 Å². The van der Waals surface area contributed by atoms with Crippen molar-refractivity contribution in [1.82, 2.24) is 20.2 Å². The summed E-state index contributed by atoms with van der Waals surface area (Å²) in [5, 5.41) is 11.6. The molecule has 3 unspecified atom stereocenters. The highest BCUT2D eigenvalue weighted by Crippen LogP contribution is 2.34. The quantitative estimate of drug-likeness (QED) is 0.783. The average Bonchev–Trinajstić information content (AvgIpc) is 3.17. The number of halogens is 3. The van der Waals surface area contributed by atoms with Crippen molar-refractivity contribution in [2.45, 2.75) is 57.0 Å². The minimum absolute atomic E-state index is 0.0143. The zero-order chi connectivity index (χ0) is 17.2. The molecule has 6 nitrogen and oxygen atoms in total. The van der Waals surface area contributed by atoms with Gasteiger partial charge in [0.05, 0.1) is 12.6 Å². The predicted octanol–water partition coefficient (Wildman–Crippen LogP) is 2.02. The van der Waals surface area contributed by atoms with Crippen LogP contribution >= 0.6 is 0 Å². The second kappa shape index (κ2) is 6.97. The van der Waals surface area contributed by atoms with E-state index in [2.05, 4.69) is 26.3 Å². The molecule has 2 aliphatic heterocycles. The van der Waals surface area contributed by atoms with Gasteiger partial charge in [-0.25, -0.2) is 4.68 Å². The molecule has 9 heteroatoms. The van der Waals surface area contributed by atoms with E-state index in [9.17, 15) is 13.2 Å². The molecule has 2 fully saturated rings. The maximum Gasteiger partial charge on any atom is 0.414 e. The molecule has 0 amide bonds. The van der Waals surface area contributed by atoms with Gasteiger partial charge in [0.25, 0.3) is 0 Å². The normalized spacial score (nSPS) is 28.1. The molecule has 0 N–H and O–H groups in total. The highest BCUT2D eigenvalue weighted by Gasteiger charge is 2.45. The molecule has 0 bridgehead atoms. The van der Waals surface area contributed by atoms with Crippen LogP contribution in [-0.4, -0.2) is 51.7 Å². The fraction of sp³-hybridized carbons (Fsp3) is 0.800. The summed E-state index contributed by atoms with van der Waals surface area (Å²) in [5.74, 6) is 3.66. The van der Waals surface area contributed by atoms with E-state index in [0.29, 0.717) is 24.7 Å². The van der Waals surface area contributed by atoms with Gasteiger partial charge in [-0.05, 0) is 42.0 Å². The largest absolute Gasteiger partial charge is 0.414 e. The minimum atomic E-state index is -4.31. The Bertz CT molecular complexity index is 597. The van der Waals surface area contributed by atoms with Gasteiger partial charge in [0, 0.05) is 19.5 Å². The number of terminal acetylenes is 1. The second-order valence-electron chi connectivity index (χ2n) is 6.39. The monoisotopic (exact) mass is 343 g/mol. The molecule has 0 saturated carbocycles. The maximum atomic E-state index is 12.7. The molecule has 132 valence electrons. The van der Waals surface area contributed by atoms with Crippen molar-refractivity contribution < 1.29 is 17.9 Å². The lowest BCUT2D eigenvalue weighted by Gasteiger charge is -2.32. The van der Waals surface area contributed by atoms with Crippen LogP contribution in [0, 0.1) is 18.3 Å².